The maximum absolute atomic E-state index is 12.7. The number of benzene rings is 3. The Morgan fingerprint density at radius 1 is 1.03 bits per heavy atom. The van der Waals surface area contributed by atoms with Crippen LogP contribution in [0.15, 0.2) is 82.0 Å². The fraction of sp³-hybridized carbons (Fsp3) is 0.0870. The molecule has 0 bridgehead atoms. The lowest BCUT2D eigenvalue weighted by molar-refractivity contribution is -0.384. The second-order valence-electron chi connectivity index (χ2n) is 7.26. The second kappa shape index (κ2) is 9.99. The van der Waals surface area contributed by atoms with Crippen LogP contribution in [0.25, 0.3) is 10.8 Å². The number of nitro groups is 1. The van der Waals surface area contributed by atoms with Gasteiger partial charge in [-0.3, -0.25) is 25.0 Å². The first kappa shape index (κ1) is 24.0. The van der Waals surface area contributed by atoms with Crippen molar-refractivity contribution in [2.24, 2.45) is 0 Å². The van der Waals surface area contributed by atoms with Crippen molar-refractivity contribution in [2.45, 2.75) is 15.5 Å². The van der Waals surface area contributed by atoms with E-state index >= 15 is 0 Å². The van der Waals surface area contributed by atoms with Crippen LogP contribution in [-0.4, -0.2) is 36.8 Å². The fourth-order valence-corrected chi connectivity index (χ4v) is 5.71. The molecule has 4 aromatic rings. The zero-order valence-electron chi connectivity index (χ0n) is 17.9. The van der Waals surface area contributed by atoms with Gasteiger partial charge in [0.1, 0.15) is 4.21 Å². The summed E-state index contributed by atoms with van der Waals surface area (Å²) >= 11 is 0.706. The number of sulfone groups is 1. The lowest BCUT2D eigenvalue weighted by atomic mass is 10.0. The molecule has 4 rings (SSSR count). The third-order valence-corrected chi connectivity index (χ3v) is 8.08. The molecule has 1 amide bonds. The van der Waals surface area contributed by atoms with E-state index in [1.807, 2.05) is 42.5 Å². The molecule has 1 N–H and O–H groups in total. The van der Waals surface area contributed by atoms with Gasteiger partial charge in [0, 0.05) is 12.1 Å². The van der Waals surface area contributed by atoms with Gasteiger partial charge in [-0.15, -0.1) is 0 Å². The van der Waals surface area contributed by atoms with Gasteiger partial charge in [0.05, 0.1) is 22.4 Å². The van der Waals surface area contributed by atoms with Crippen molar-refractivity contribution in [2.75, 3.05) is 11.9 Å². The highest BCUT2D eigenvalue weighted by Crippen LogP contribution is 2.29. The van der Waals surface area contributed by atoms with Crippen molar-refractivity contribution in [1.29, 1.82) is 0 Å². The van der Waals surface area contributed by atoms with Crippen molar-refractivity contribution < 1.29 is 27.7 Å². The Morgan fingerprint density at radius 2 is 1.74 bits per heavy atom. The van der Waals surface area contributed by atoms with E-state index in [0.717, 1.165) is 46.8 Å². The van der Waals surface area contributed by atoms with Gasteiger partial charge in [0.15, 0.2) is 11.7 Å². The Morgan fingerprint density at radius 3 is 2.49 bits per heavy atom. The number of amides is 1. The molecule has 0 fully saturated rings. The van der Waals surface area contributed by atoms with Gasteiger partial charge in [0.25, 0.3) is 11.6 Å². The summed E-state index contributed by atoms with van der Waals surface area (Å²) in [7, 11) is -3.98. The molecule has 0 aliphatic carbocycles. The zero-order valence-corrected chi connectivity index (χ0v) is 19.5. The number of nitro benzene ring substituents is 1. The number of carbonyl (C=O) groups excluding carboxylic acids is 2. The van der Waals surface area contributed by atoms with E-state index in [2.05, 4.69) is 10.3 Å². The van der Waals surface area contributed by atoms with Crippen molar-refractivity contribution in [3.8, 4) is 0 Å². The summed E-state index contributed by atoms with van der Waals surface area (Å²) in [4.78, 5) is 38.3. The second-order valence-corrected chi connectivity index (χ2v) is 10.5. The number of nitrogens with zero attached hydrogens (tertiary/aromatic N) is 2. The molecular formula is C23H17N3O7S2. The van der Waals surface area contributed by atoms with Crippen LogP contribution in [0.4, 0.5) is 10.8 Å². The molecule has 1 heterocycles. The monoisotopic (exact) mass is 511 g/mol. The Balaban J connectivity index is 1.35. The number of thiazole rings is 1. The first-order valence-corrected chi connectivity index (χ1v) is 12.4. The molecule has 10 nitrogen and oxygen atoms in total. The van der Waals surface area contributed by atoms with E-state index in [4.69, 9.17) is 4.74 Å². The van der Waals surface area contributed by atoms with Crippen LogP contribution in [0.3, 0.4) is 0 Å². The molecular weight excluding hydrogens is 494 g/mol. The maximum atomic E-state index is 12.7. The van der Waals surface area contributed by atoms with Crippen LogP contribution in [0.1, 0.15) is 5.56 Å². The lowest BCUT2D eigenvalue weighted by Gasteiger charge is -2.07. The third-order valence-electron chi connectivity index (χ3n) is 4.93. The highest BCUT2D eigenvalue weighted by Gasteiger charge is 2.22. The smallest absolute Gasteiger partial charge is 0.310 e. The van der Waals surface area contributed by atoms with Crippen LogP contribution in [0.5, 0.6) is 0 Å². The van der Waals surface area contributed by atoms with Crippen LogP contribution in [-0.2, 0) is 30.6 Å². The van der Waals surface area contributed by atoms with Crippen LogP contribution >= 0.6 is 11.3 Å². The highest BCUT2D eigenvalue weighted by atomic mass is 32.2. The molecule has 0 radical (unpaired) electrons. The summed E-state index contributed by atoms with van der Waals surface area (Å²) in [5.74, 6) is -1.26. The van der Waals surface area contributed by atoms with Crippen LogP contribution < -0.4 is 5.32 Å². The predicted molar refractivity (Wildman–Crippen MR) is 128 cm³/mol. The number of non-ortho nitro benzene ring substituents is 1. The topological polar surface area (TPSA) is 146 Å². The van der Waals surface area contributed by atoms with Gasteiger partial charge < -0.3 is 4.74 Å². The predicted octanol–water partition coefficient (Wildman–Crippen LogP) is 3.76. The van der Waals surface area contributed by atoms with Crippen molar-refractivity contribution >= 4 is 54.6 Å². The van der Waals surface area contributed by atoms with Gasteiger partial charge >= 0.3 is 5.97 Å². The number of fused-ring (bicyclic) bond motifs is 1. The van der Waals surface area contributed by atoms with E-state index in [-0.39, 0.29) is 26.3 Å². The van der Waals surface area contributed by atoms with Gasteiger partial charge in [-0.1, -0.05) is 53.8 Å². The van der Waals surface area contributed by atoms with E-state index in [1.165, 1.54) is 0 Å². The minimum absolute atomic E-state index is 0.000545. The maximum Gasteiger partial charge on any atom is 0.310 e. The number of aromatic nitrogens is 1. The summed E-state index contributed by atoms with van der Waals surface area (Å²) in [6, 6.07) is 17.6. The fourth-order valence-electron chi connectivity index (χ4n) is 3.26. The zero-order chi connectivity index (χ0) is 25.0. The first-order chi connectivity index (χ1) is 16.7. The van der Waals surface area contributed by atoms with Crippen molar-refractivity contribution in [3.05, 3.63) is 88.6 Å². The number of hydrogen-bond acceptors (Lipinski definition) is 9. The van der Waals surface area contributed by atoms with Crippen LogP contribution in [0, 0.1) is 10.1 Å². The lowest BCUT2D eigenvalue weighted by Crippen LogP contribution is -2.21. The SMILES string of the molecule is O=C(COC(=O)Cc1cccc2ccccc12)Nc1ncc(S(=O)(=O)c2ccc([N+](=O)[O-])cc2)s1. The number of carbonyl (C=O) groups is 2. The van der Waals surface area contributed by atoms with Crippen LogP contribution in [0.2, 0.25) is 0 Å². The number of nitrogens with one attached hydrogen (secondary N) is 1. The number of anilines is 1. The Bertz CT molecular complexity index is 1530. The van der Waals surface area contributed by atoms with Gasteiger partial charge in [0.2, 0.25) is 9.84 Å². The summed E-state index contributed by atoms with van der Waals surface area (Å²) in [6.45, 7) is -0.562. The number of ether oxygens (including phenoxy) is 1. The van der Waals surface area contributed by atoms with Gasteiger partial charge in [-0.2, -0.15) is 0 Å². The minimum atomic E-state index is -3.98. The highest BCUT2D eigenvalue weighted by molar-refractivity contribution is 7.93. The molecule has 12 heteroatoms. The summed E-state index contributed by atoms with van der Waals surface area (Å²) in [5, 5.41) is 15.1. The van der Waals surface area contributed by atoms with E-state index in [1.54, 1.807) is 0 Å². The van der Waals surface area contributed by atoms with E-state index < -0.39 is 33.2 Å². The average molecular weight is 512 g/mol. The summed E-state index contributed by atoms with van der Waals surface area (Å²) < 4.78 is 30.3. The standard InChI is InChI=1S/C23H17N3O7S2/c27-20(14-33-21(28)12-16-6-3-5-15-4-1-2-7-19(15)16)25-23-24-13-22(34-23)35(31,32)18-10-8-17(9-11-18)26(29)30/h1-11,13H,12,14H2,(H,24,25,27). The molecule has 0 saturated carbocycles. The Kier molecular flexibility index (Phi) is 6.85. The quantitative estimate of drug-likeness (QED) is 0.214. The summed E-state index contributed by atoms with van der Waals surface area (Å²) in [6.07, 6.45) is 1.06. The number of hydrogen-bond donors (Lipinski definition) is 1. The molecule has 0 saturated heterocycles. The molecule has 0 aliphatic heterocycles. The molecule has 0 aliphatic rings. The molecule has 1 aromatic heterocycles. The van der Waals surface area contributed by atoms with E-state index in [9.17, 15) is 28.1 Å². The number of esters is 1. The number of rotatable bonds is 8. The molecule has 0 spiro atoms. The van der Waals surface area contributed by atoms with Gasteiger partial charge in [-0.05, 0) is 28.5 Å². The molecule has 35 heavy (non-hydrogen) atoms. The first-order valence-electron chi connectivity index (χ1n) is 10.1. The normalized spacial score (nSPS) is 11.2. The molecule has 178 valence electrons. The van der Waals surface area contributed by atoms with Gasteiger partial charge in [-0.25, -0.2) is 13.4 Å². The Labute approximate surface area is 203 Å². The average Bonchev–Trinajstić information content (AvgIpc) is 3.32. The largest absolute Gasteiger partial charge is 0.455 e. The Hall–Kier alpha value is -4.16. The molecule has 3 aromatic carbocycles. The minimum Gasteiger partial charge on any atom is -0.455 e. The van der Waals surface area contributed by atoms with Crippen molar-refractivity contribution in [1.82, 2.24) is 4.98 Å². The van der Waals surface area contributed by atoms with E-state index in [0.29, 0.717) is 11.3 Å². The summed E-state index contributed by atoms with van der Waals surface area (Å²) in [5.41, 5.74) is 0.533. The molecule has 0 unspecified atom stereocenters. The molecule has 0 atom stereocenters. The third kappa shape index (κ3) is 5.50. The van der Waals surface area contributed by atoms with Crippen molar-refractivity contribution in [3.63, 3.8) is 0 Å².